The molecule has 1 nitrogen and oxygen atoms in total. The number of rotatable bonds is 0. The highest BCUT2D eigenvalue weighted by atomic mass is 32.1. The molecule has 1 rings (SSSR count). The van der Waals surface area contributed by atoms with Crippen molar-refractivity contribution in [2.24, 2.45) is 0 Å². The highest BCUT2D eigenvalue weighted by Gasteiger charge is 1.94. The van der Waals surface area contributed by atoms with Crippen molar-refractivity contribution in [1.82, 2.24) is 0 Å². The molecule has 0 aliphatic carbocycles. The van der Waals surface area contributed by atoms with E-state index in [-0.39, 0.29) is 0 Å². The second-order valence-corrected chi connectivity index (χ2v) is 2.78. The van der Waals surface area contributed by atoms with Gasteiger partial charge in [-0.3, -0.25) is 0 Å². The quantitative estimate of drug-likeness (QED) is 0.460. The summed E-state index contributed by atoms with van der Waals surface area (Å²) in [7, 11) is 0. The summed E-state index contributed by atoms with van der Waals surface area (Å²) >= 11 is 3.97. The Morgan fingerprint density at radius 2 is 2.25 bits per heavy atom. The fourth-order valence-electron chi connectivity index (χ4n) is 0.875. The van der Waals surface area contributed by atoms with Crippen molar-refractivity contribution in [2.45, 2.75) is 6.92 Å². The van der Waals surface area contributed by atoms with Crippen LogP contribution < -0.4 is 0 Å². The second-order valence-electron chi connectivity index (χ2n) is 2.46. The number of phenols is 1. The van der Waals surface area contributed by atoms with E-state index >= 15 is 0 Å². The van der Waals surface area contributed by atoms with E-state index < -0.39 is 0 Å². The van der Waals surface area contributed by atoms with E-state index in [9.17, 15) is 5.11 Å². The van der Waals surface area contributed by atoms with Crippen molar-refractivity contribution >= 4 is 12.6 Å². The normalized spacial score (nSPS) is 8.83. The maximum Gasteiger partial charge on any atom is 0.118 e. The number of benzene rings is 1. The lowest BCUT2D eigenvalue weighted by Gasteiger charge is -1.97. The largest absolute Gasteiger partial charge is 0.508 e. The number of aryl methyl sites for hydroxylation is 1. The van der Waals surface area contributed by atoms with E-state index in [1.165, 1.54) is 0 Å². The molecule has 62 valence electrons. The minimum Gasteiger partial charge on any atom is -0.508 e. The van der Waals surface area contributed by atoms with Gasteiger partial charge < -0.3 is 5.11 Å². The van der Waals surface area contributed by atoms with Crippen LogP contribution in [-0.2, 0) is 0 Å². The summed E-state index contributed by atoms with van der Waals surface area (Å²) in [5, 5.41) is 9.21. The molecule has 12 heavy (non-hydrogen) atoms. The van der Waals surface area contributed by atoms with Gasteiger partial charge in [0.1, 0.15) is 5.75 Å². The van der Waals surface area contributed by atoms with Gasteiger partial charge in [0.25, 0.3) is 0 Å². The molecule has 0 spiro atoms. The van der Waals surface area contributed by atoms with Crippen LogP contribution in [0.15, 0.2) is 18.2 Å². The Labute approximate surface area is 77.8 Å². The Balaban J connectivity index is 2.97. The average molecular weight is 178 g/mol. The van der Waals surface area contributed by atoms with Gasteiger partial charge in [-0.25, -0.2) is 0 Å². The first kappa shape index (κ1) is 9.02. The van der Waals surface area contributed by atoms with Crippen molar-refractivity contribution in [2.75, 3.05) is 5.75 Å². The molecule has 0 saturated heterocycles. The van der Waals surface area contributed by atoms with E-state index in [0.717, 1.165) is 11.1 Å². The molecular formula is C10H10OS. The Morgan fingerprint density at radius 3 is 2.83 bits per heavy atom. The summed E-state index contributed by atoms with van der Waals surface area (Å²) in [4.78, 5) is 0. The van der Waals surface area contributed by atoms with Crippen LogP contribution in [0.25, 0.3) is 0 Å². The molecule has 0 bridgehead atoms. The molecule has 0 aliphatic heterocycles. The van der Waals surface area contributed by atoms with Crippen LogP contribution in [0.2, 0.25) is 0 Å². The van der Waals surface area contributed by atoms with E-state index in [1.54, 1.807) is 12.1 Å². The van der Waals surface area contributed by atoms with Crippen molar-refractivity contribution in [3.05, 3.63) is 29.3 Å². The van der Waals surface area contributed by atoms with E-state index in [0.29, 0.717) is 11.5 Å². The zero-order valence-corrected chi connectivity index (χ0v) is 7.73. The molecule has 1 aromatic rings. The SMILES string of the molecule is Cc1cc(C#CCS)ccc1O. The van der Waals surface area contributed by atoms with Gasteiger partial charge in [0.15, 0.2) is 0 Å². The monoisotopic (exact) mass is 178 g/mol. The van der Waals surface area contributed by atoms with E-state index in [2.05, 4.69) is 24.5 Å². The topological polar surface area (TPSA) is 20.2 Å². The summed E-state index contributed by atoms with van der Waals surface area (Å²) in [5.74, 6) is 6.64. The summed E-state index contributed by atoms with van der Waals surface area (Å²) in [6.07, 6.45) is 0. The molecule has 2 heteroatoms. The van der Waals surface area contributed by atoms with Gasteiger partial charge in [0.05, 0.1) is 5.75 Å². The van der Waals surface area contributed by atoms with E-state index in [4.69, 9.17) is 0 Å². The summed E-state index contributed by atoms with van der Waals surface area (Å²) in [6.45, 7) is 1.85. The minimum absolute atomic E-state index is 0.312. The third-order valence-electron chi connectivity index (χ3n) is 1.51. The third kappa shape index (κ3) is 2.21. The lowest BCUT2D eigenvalue weighted by molar-refractivity contribution is 0.471. The van der Waals surface area contributed by atoms with Crippen LogP contribution in [0.3, 0.4) is 0 Å². The molecule has 1 N–H and O–H groups in total. The van der Waals surface area contributed by atoms with Crippen molar-refractivity contribution in [1.29, 1.82) is 0 Å². The number of hydrogen-bond acceptors (Lipinski definition) is 2. The van der Waals surface area contributed by atoms with Gasteiger partial charge in [-0.15, -0.1) is 0 Å². The number of phenolic OH excluding ortho intramolecular Hbond substituents is 1. The third-order valence-corrected chi connectivity index (χ3v) is 1.67. The fourth-order valence-corrected chi connectivity index (χ4v) is 0.954. The van der Waals surface area contributed by atoms with Crippen LogP contribution in [0.1, 0.15) is 11.1 Å². The number of thiol groups is 1. The fraction of sp³-hybridized carbons (Fsp3) is 0.200. The molecule has 0 amide bonds. The van der Waals surface area contributed by atoms with Gasteiger partial charge in [-0.05, 0) is 30.7 Å². The maximum atomic E-state index is 9.21. The lowest BCUT2D eigenvalue weighted by atomic mass is 10.1. The van der Waals surface area contributed by atoms with Crippen molar-refractivity contribution in [3.63, 3.8) is 0 Å². The molecule has 0 fully saturated rings. The first-order chi connectivity index (χ1) is 5.74. The zero-order chi connectivity index (χ0) is 8.97. The summed E-state index contributed by atoms with van der Waals surface area (Å²) < 4.78 is 0. The molecule has 0 aliphatic rings. The molecule has 0 aromatic heterocycles. The van der Waals surface area contributed by atoms with Crippen LogP contribution in [0.5, 0.6) is 5.75 Å². The van der Waals surface area contributed by atoms with Crippen molar-refractivity contribution in [3.8, 4) is 17.6 Å². The minimum atomic E-state index is 0.312. The summed E-state index contributed by atoms with van der Waals surface area (Å²) in [5.41, 5.74) is 1.76. The molecule has 0 saturated carbocycles. The average Bonchev–Trinajstić information content (AvgIpc) is 2.07. The van der Waals surface area contributed by atoms with Crippen molar-refractivity contribution < 1.29 is 5.11 Å². The first-order valence-corrected chi connectivity index (χ1v) is 4.26. The van der Waals surface area contributed by atoms with Gasteiger partial charge in [0.2, 0.25) is 0 Å². The Kier molecular flexibility index (Phi) is 3.07. The standard InChI is InChI=1S/C10H10OS/c1-8-7-9(3-2-6-12)4-5-10(8)11/h4-5,7,11-12H,6H2,1H3. The Hall–Kier alpha value is -1.07. The Bertz CT molecular complexity index is 333. The molecule has 0 heterocycles. The number of hydrogen-bond donors (Lipinski definition) is 2. The molecule has 1 aromatic carbocycles. The van der Waals surface area contributed by atoms with Gasteiger partial charge in [0, 0.05) is 5.56 Å². The smallest absolute Gasteiger partial charge is 0.118 e. The van der Waals surface area contributed by atoms with Gasteiger partial charge >= 0.3 is 0 Å². The highest BCUT2D eigenvalue weighted by Crippen LogP contribution is 2.15. The molecular weight excluding hydrogens is 168 g/mol. The zero-order valence-electron chi connectivity index (χ0n) is 6.83. The predicted molar refractivity (Wildman–Crippen MR) is 53.6 cm³/mol. The summed E-state index contributed by atoms with van der Waals surface area (Å²) in [6, 6.07) is 5.29. The molecule has 0 unspecified atom stereocenters. The van der Waals surface area contributed by atoms with Gasteiger partial charge in [-0.2, -0.15) is 12.6 Å². The lowest BCUT2D eigenvalue weighted by Crippen LogP contribution is -1.78. The van der Waals surface area contributed by atoms with Crippen LogP contribution in [0.4, 0.5) is 0 Å². The van der Waals surface area contributed by atoms with E-state index in [1.807, 2.05) is 13.0 Å². The maximum absolute atomic E-state index is 9.21. The second kappa shape index (κ2) is 4.08. The first-order valence-electron chi connectivity index (χ1n) is 3.63. The highest BCUT2D eigenvalue weighted by molar-refractivity contribution is 7.80. The predicted octanol–water partition coefficient (Wildman–Crippen LogP) is 1.98. The van der Waals surface area contributed by atoms with Crippen LogP contribution in [0, 0.1) is 18.8 Å². The molecule has 0 radical (unpaired) electrons. The molecule has 0 atom stereocenters. The van der Waals surface area contributed by atoms with Crippen LogP contribution in [-0.4, -0.2) is 10.9 Å². The number of aromatic hydroxyl groups is 1. The Morgan fingerprint density at radius 1 is 1.50 bits per heavy atom. The van der Waals surface area contributed by atoms with Gasteiger partial charge in [-0.1, -0.05) is 11.8 Å². The van der Waals surface area contributed by atoms with Crippen LogP contribution >= 0.6 is 12.6 Å².